The van der Waals surface area contributed by atoms with E-state index in [-0.39, 0.29) is 11.0 Å². The SMILES string of the molecule is CC1(C)c2cc(N(c3ccccc3)c3ccccc3)ccc2-c2oc(C=C(C#N)C#N)cc21. The van der Waals surface area contributed by atoms with E-state index in [2.05, 4.69) is 61.2 Å². The van der Waals surface area contributed by atoms with Crippen LogP contribution in [-0.2, 0) is 5.41 Å². The summed E-state index contributed by atoms with van der Waals surface area (Å²) in [6, 6.07) is 32.8. The molecule has 0 saturated heterocycles. The van der Waals surface area contributed by atoms with Gasteiger partial charge in [0.1, 0.15) is 29.2 Å². The van der Waals surface area contributed by atoms with Gasteiger partial charge in [-0.05, 0) is 54.1 Å². The standard InChI is InChI=1S/C29H21N3O/c1-29(2)26-16-23(32(21-9-5-3-6-10-21)22-11-7-4-8-12-22)13-14-25(26)28-27(29)17-24(33-28)15-20(18-30)19-31/h3-17H,1-2H3. The molecule has 4 aromatic rings. The highest BCUT2D eigenvalue weighted by molar-refractivity contribution is 5.84. The minimum Gasteiger partial charge on any atom is -0.456 e. The molecule has 0 aliphatic heterocycles. The van der Waals surface area contributed by atoms with Gasteiger partial charge in [-0.3, -0.25) is 0 Å². The molecule has 3 aromatic carbocycles. The molecule has 4 heteroatoms. The lowest BCUT2D eigenvalue weighted by atomic mass is 9.82. The van der Waals surface area contributed by atoms with Crippen LogP contribution < -0.4 is 4.90 Å². The van der Waals surface area contributed by atoms with Gasteiger partial charge < -0.3 is 9.32 Å². The van der Waals surface area contributed by atoms with Gasteiger partial charge in [0.05, 0.1) is 0 Å². The van der Waals surface area contributed by atoms with Crippen LogP contribution in [0.3, 0.4) is 0 Å². The van der Waals surface area contributed by atoms with Crippen LogP contribution in [0.2, 0.25) is 0 Å². The number of hydrogen-bond donors (Lipinski definition) is 0. The number of furan rings is 1. The normalized spacial score (nSPS) is 12.7. The second-order valence-electron chi connectivity index (χ2n) is 8.53. The van der Waals surface area contributed by atoms with Crippen molar-refractivity contribution in [3.05, 3.63) is 107 Å². The highest BCUT2D eigenvalue weighted by Crippen LogP contribution is 2.52. The van der Waals surface area contributed by atoms with Gasteiger partial charge in [0.25, 0.3) is 0 Å². The molecule has 0 atom stereocenters. The molecule has 0 unspecified atom stereocenters. The van der Waals surface area contributed by atoms with Crippen LogP contribution in [0.5, 0.6) is 0 Å². The molecule has 0 amide bonds. The predicted molar refractivity (Wildman–Crippen MR) is 130 cm³/mol. The van der Waals surface area contributed by atoms with E-state index in [1.54, 1.807) is 0 Å². The smallest absolute Gasteiger partial charge is 0.139 e. The Morgan fingerprint density at radius 2 is 1.39 bits per heavy atom. The summed E-state index contributed by atoms with van der Waals surface area (Å²) in [5.41, 5.74) is 6.26. The Balaban J connectivity index is 1.63. The molecule has 0 fully saturated rings. The van der Waals surface area contributed by atoms with E-state index < -0.39 is 0 Å². The number of para-hydroxylation sites is 2. The minimum absolute atomic E-state index is 0.0252. The number of anilines is 3. The Morgan fingerprint density at radius 1 is 0.788 bits per heavy atom. The van der Waals surface area contributed by atoms with Gasteiger partial charge in [0.15, 0.2) is 0 Å². The predicted octanol–water partition coefficient (Wildman–Crippen LogP) is 7.49. The van der Waals surface area contributed by atoms with Gasteiger partial charge >= 0.3 is 0 Å². The van der Waals surface area contributed by atoms with Crippen LogP contribution in [0.1, 0.15) is 30.7 Å². The molecule has 0 saturated carbocycles. The summed E-state index contributed by atoms with van der Waals surface area (Å²) in [5, 5.41) is 18.2. The largest absolute Gasteiger partial charge is 0.456 e. The highest BCUT2D eigenvalue weighted by atomic mass is 16.3. The van der Waals surface area contributed by atoms with Gasteiger partial charge in [-0.25, -0.2) is 0 Å². The van der Waals surface area contributed by atoms with Crippen LogP contribution in [0, 0.1) is 22.7 Å². The van der Waals surface area contributed by atoms with Crippen molar-refractivity contribution < 1.29 is 4.42 Å². The molecular weight excluding hydrogens is 406 g/mol. The first-order valence-electron chi connectivity index (χ1n) is 10.7. The zero-order chi connectivity index (χ0) is 23.0. The molecule has 0 N–H and O–H groups in total. The molecule has 0 bridgehead atoms. The number of nitrogens with zero attached hydrogens (tertiary/aromatic N) is 3. The lowest BCUT2D eigenvalue weighted by Crippen LogP contribution is -2.16. The van der Waals surface area contributed by atoms with Crippen LogP contribution in [0.25, 0.3) is 17.4 Å². The summed E-state index contributed by atoms with van der Waals surface area (Å²) in [6.07, 6.45) is 1.50. The first-order chi connectivity index (χ1) is 16.0. The summed E-state index contributed by atoms with van der Waals surface area (Å²) in [5.74, 6) is 1.32. The summed E-state index contributed by atoms with van der Waals surface area (Å²) in [6.45, 7) is 4.35. The van der Waals surface area contributed by atoms with Crippen molar-refractivity contribution in [2.45, 2.75) is 19.3 Å². The quantitative estimate of drug-likeness (QED) is 0.317. The Kier molecular flexibility index (Phi) is 4.85. The molecule has 1 aromatic heterocycles. The topological polar surface area (TPSA) is 64.0 Å². The fourth-order valence-electron chi connectivity index (χ4n) is 4.51. The Labute approximate surface area is 193 Å². The van der Waals surface area contributed by atoms with Gasteiger partial charge in [-0.2, -0.15) is 10.5 Å². The fourth-order valence-corrected chi connectivity index (χ4v) is 4.51. The van der Waals surface area contributed by atoms with Crippen LogP contribution >= 0.6 is 0 Å². The maximum atomic E-state index is 9.08. The lowest BCUT2D eigenvalue weighted by Gasteiger charge is -2.27. The van der Waals surface area contributed by atoms with E-state index in [9.17, 15) is 0 Å². The van der Waals surface area contributed by atoms with Crippen molar-refractivity contribution in [1.82, 2.24) is 0 Å². The monoisotopic (exact) mass is 427 g/mol. The summed E-state index contributed by atoms with van der Waals surface area (Å²) in [4.78, 5) is 2.25. The number of allylic oxidation sites excluding steroid dienone is 1. The van der Waals surface area contributed by atoms with E-state index in [1.165, 1.54) is 11.6 Å². The third kappa shape index (κ3) is 3.39. The van der Waals surface area contributed by atoms with E-state index in [4.69, 9.17) is 14.9 Å². The van der Waals surface area contributed by atoms with Crippen molar-refractivity contribution in [1.29, 1.82) is 10.5 Å². The van der Waals surface area contributed by atoms with Crippen LogP contribution in [0.15, 0.2) is 94.9 Å². The van der Waals surface area contributed by atoms with Gasteiger partial charge in [0.2, 0.25) is 0 Å². The molecule has 0 radical (unpaired) electrons. The number of fused-ring (bicyclic) bond motifs is 3. The first kappa shape index (κ1) is 20.4. The summed E-state index contributed by atoms with van der Waals surface area (Å²) >= 11 is 0. The minimum atomic E-state index is -0.283. The lowest BCUT2D eigenvalue weighted by molar-refractivity contribution is 0.569. The Hall–Kier alpha value is -4.54. The Bertz CT molecular complexity index is 1390. The van der Waals surface area contributed by atoms with Gasteiger partial charge in [-0.1, -0.05) is 50.2 Å². The zero-order valence-electron chi connectivity index (χ0n) is 18.4. The zero-order valence-corrected chi connectivity index (χ0v) is 18.4. The second-order valence-corrected chi connectivity index (χ2v) is 8.53. The van der Waals surface area contributed by atoms with E-state index >= 15 is 0 Å². The van der Waals surface area contributed by atoms with Crippen molar-refractivity contribution in [2.75, 3.05) is 4.90 Å². The molecule has 33 heavy (non-hydrogen) atoms. The maximum absolute atomic E-state index is 9.08. The van der Waals surface area contributed by atoms with Gasteiger partial charge in [0, 0.05) is 39.7 Å². The summed E-state index contributed by atoms with van der Waals surface area (Å²) in [7, 11) is 0. The molecule has 158 valence electrons. The number of hydrogen-bond acceptors (Lipinski definition) is 4. The number of nitriles is 2. The molecule has 5 rings (SSSR count). The van der Waals surface area contributed by atoms with Crippen LogP contribution in [0.4, 0.5) is 17.1 Å². The van der Waals surface area contributed by atoms with Crippen molar-refractivity contribution in [3.8, 4) is 23.5 Å². The molecule has 1 aliphatic rings. The molecule has 4 nitrogen and oxygen atoms in total. The molecule has 1 heterocycles. The van der Waals surface area contributed by atoms with Crippen LogP contribution in [-0.4, -0.2) is 0 Å². The third-order valence-electron chi connectivity index (χ3n) is 6.16. The van der Waals surface area contributed by atoms with E-state index in [0.717, 1.165) is 33.9 Å². The average Bonchev–Trinajstić information content (AvgIpc) is 3.36. The number of benzene rings is 3. The average molecular weight is 428 g/mol. The van der Waals surface area contributed by atoms with Crippen molar-refractivity contribution >= 4 is 23.1 Å². The third-order valence-corrected chi connectivity index (χ3v) is 6.16. The summed E-state index contributed by atoms with van der Waals surface area (Å²) < 4.78 is 6.10. The Morgan fingerprint density at radius 3 is 1.97 bits per heavy atom. The molecule has 1 aliphatic carbocycles. The van der Waals surface area contributed by atoms with Crippen molar-refractivity contribution in [3.63, 3.8) is 0 Å². The molecular formula is C29H21N3O. The van der Waals surface area contributed by atoms with E-state index in [0.29, 0.717) is 5.76 Å². The van der Waals surface area contributed by atoms with E-state index in [1.807, 2.05) is 54.6 Å². The molecule has 0 spiro atoms. The second kappa shape index (κ2) is 7.86. The van der Waals surface area contributed by atoms with Gasteiger partial charge in [-0.15, -0.1) is 0 Å². The first-order valence-corrected chi connectivity index (χ1v) is 10.7. The van der Waals surface area contributed by atoms with Crippen molar-refractivity contribution in [2.24, 2.45) is 0 Å². The maximum Gasteiger partial charge on any atom is 0.139 e. The fraction of sp³-hybridized carbons (Fsp3) is 0.103. The number of rotatable bonds is 4. The highest BCUT2D eigenvalue weighted by Gasteiger charge is 2.39.